The van der Waals surface area contributed by atoms with Gasteiger partial charge in [0.1, 0.15) is 12.4 Å². The number of rotatable bonds is 6. The van der Waals surface area contributed by atoms with E-state index >= 15 is 0 Å². The fraction of sp³-hybridized carbons (Fsp3) is 0.0833. The van der Waals surface area contributed by atoms with Crippen LogP contribution < -0.4 is 9.47 Å². The molecule has 0 radical (unpaired) electrons. The molecule has 0 fully saturated rings. The zero-order valence-corrected chi connectivity index (χ0v) is 17.2. The SMILES string of the molecule is COc1cc(/C=C2\N=C(c3ccccc3F)OC2=O)ccc1OCc1ccc(Cl)cc1. The summed E-state index contributed by atoms with van der Waals surface area (Å²) in [4.78, 5) is 16.3. The van der Waals surface area contributed by atoms with E-state index in [4.69, 9.17) is 25.8 Å². The Balaban J connectivity index is 1.54. The molecule has 0 aliphatic carbocycles. The van der Waals surface area contributed by atoms with Crippen LogP contribution in [0.4, 0.5) is 4.39 Å². The van der Waals surface area contributed by atoms with Crippen molar-refractivity contribution < 1.29 is 23.4 Å². The van der Waals surface area contributed by atoms with Crippen LogP contribution in [0.25, 0.3) is 6.08 Å². The van der Waals surface area contributed by atoms with Crippen molar-refractivity contribution in [3.8, 4) is 11.5 Å². The highest BCUT2D eigenvalue weighted by Gasteiger charge is 2.26. The van der Waals surface area contributed by atoms with Gasteiger partial charge in [0.05, 0.1) is 12.7 Å². The Bertz CT molecular complexity index is 1190. The van der Waals surface area contributed by atoms with Gasteiger partial charge in [-0.3, -0.25) is 0 Å². The second-order valence-electron chi connectivity index (χ2n) is 6.64. The summed E-state index contributed by atoms with van der Waals surface area (Å²) in [5, 5.41) is 0.657. The molecule has 3 aromatic rings. The zero-order chi connectivity index (χ0) is 21.8. The van der Waals surface area contributed by atoms with E-state index in [1.54, 1.807) is 48.5 Å². The normalized spacial score (nSPS) is 14.4. The molecule has 4 rings (SSSR count). The third-order valence-electron chi connectivity index (χ3n) is 4.52. The van der Waals surface area contributed by atoms with E-state index in [0.717, 1.165) is 5.56 Å². The predicted molar refractivity (Wildman–Crippen MR) is 116 cm³/mol. The molecule has 0 aromatic heterocycles. The van der Waals surface area contributed by atoms with Crippen LogP contribution in [0.2, 0.25) is 5.02 Å². The number of halogens is 2. The lowest BCUT2D eigenvalue weighted by Gasteiger charge is -2.11. The number of cyclic esters (lactones) is 1. The van der Waals surface area contributed by atoms with Gasteiger partial charge in [0.15, 0.2) is 17.2 Å². The van der Waals surface area contributed by atoms with Crippen molar-refractivity contribution in [3.05, 3.63) is 100.0 Å². The summed E-state index contributed by atoms with van der Waals surface area (Å²) in [6.07, 6.45) is 1.54. The zero-order valence-electron chi connectivity index (χ0n) is 16.5. The lowest BCUT2D eigenvalue weighted by Crippen LogP contribution is -2.07. The summed E-state index contributed by atoms with van der Waals surface area (Å²) in [7, 11) is 1.53. The molecule has 0 saturated carbocycles. The van der Waals surface area contributed by atoms with Gasteiger partial charge in [-0.2, -0.15) is 0 Å². The van der Waals surface area contributed by atoms with Crippen LogP contribution in [0.15, 0.2) is 77.4 Å². The third-order valence-corrected chi connectivity index (χ3v) is 4.78. The Morgan fingerprint density at radius 2 is 1.84 bits per heavy atom. The molecule has 0 saturated heterocycles. The van der Waals surface area contributed by atoms with Crippen LogP contribution in [0.3, 0.4) is 0 Å². The van der Waals surface area contributed by atoms with Crippen molar-refractivity contribution in [2.75, 3.05) is 7.11 Å². The number of hydrogen-bond acceptors (Lipinski definition) is 5. The van der Waals surface area contributed by atoms with E-state index in [-0.39, 0.29) is 17.2 Å². The van der Waals surface area contributed by atoms with Crippen LogP contribution in [0, 0.1) is 5.82 Å². The van der Waals surface area contributed by atoms with E-state index in [1.165, 1.54) is 19.2 Å². The number of methoxy groups -OCH3 is 1. The Morgan fingerprint density at radius 1 is 1.06 bits per heavy atom. The molecule has 1 heterocycles. The van der Waals surface area contributed by atoms with Gasteiger partial charge in [-0.25, -0.2) is 14.2 Å². The van der Waals surface area contributed by atoms with Crippen LogP contribution in [-0.2, 0) is 16.1 Å². The van der Waals surface area contributed by atoms with Gasteiger partial charge < -0.3 is 14.2 Å². The Hall–Kier alpha value is -3.64. The summed E-state index contributed by atoms with van der Waals surface area (Å²) in [5.41, 5.74) is 1.81. The fourth-order valence-corrected chi connectivity index (χ4v) is 3.08. The average molecular weight is 438 g/mol. The first-order valence-corrected chi connectivity index (χ1v) is 9.74. The third kappa shape index (κ3) is 4.75. The highest BCUT2D eigenvalue weighted by atomic mass is 35.5. The van der Waals surface area contributed by atoms with Crippen LogP contribution in [0.1, 0.15) is 16.7 Å². The number of carbonyl (C=O) groups is 1. The van der Waals surface area contributed by atoms with Crippen molar-refractivity contribution in [2.24, 2.45) is 4.99 Å². The topological polar surface area (TPSA) is 57.1 Å². The molecule has 1 aliphatic rings. The highest BCUT2D eigenvalue weighted by molar-refractivity contribution is 6.30. The first-order valence-electron chi connectivity index (χ1n) is 9.36. The Labute approximate surface area is 183 Å². The van der Waals surface area contributed by atoms with E-state index in [1.807, 2.05) is 12.1 Å². The second kappa shape index (κ2) is 9.02. The molecular formula is C24H17ClFNO4. The number of carbonyl (C=O) groups excluding carboxylic acids is 1. The molecule has 156 valence electrons. The molecule has 3 aromatic carbocycles. The van der Waals surface area contributed by atoms with Gasteiger partial charge >= 0.3 is 5.97 Å². The van der Waals surface area contributed by atoms with Gasteiger partial charge in [0.25, 0.3) is 0 Å². The summed E-state index contributed by atoms with van der Waals surface area (Å²) in [6.45, 7) is 0.344. The molecule has 0 N–H and O–H groups in total. The first kappa shape index (κ1) is 20.6. The van der Waals surface area contributed by atoms with Gasteiger partial charge in [-0.05, 0) is 53.6 Å². The van der Waals surface area contributed by atoms with Crippen LogP contribution in [-0.4, -0.2) is 19.0 Å². The molecule has 0 amide bonds. The van der Waals surface area contributed by atoms with Crippen molar-refractivity contribution in [1.29, 1.82) is 0 Å². The van der Waals surface area contributed by atoms with Crippen molar-refractivity contribution >= 4 is 29.5 Å². The molecule has 0 spiro atoms. The highest BCUT2D eigenvalue weighted by Crippen LogP contribution is 2.30. The largest absolute Gasteiger partial charge is 0.493 e. The summed E-state index contributed by atoms with van der Waals surface area (Å²) in [6, 6.07) is 18.5. The van der Waals surface area contributed by atoms with Gasteiger partial charge in [-0.15, -0.1) is 0 Å². The smallest absolute Gasteiger partial charge is 0.363 e. The number of ether oxygens (including phenoxy) is 3. The number of benzene rings is 3. The van der Waals surface area contributed by atoms with E-state index in [0.29, 0.717) is 28.7 Å². The summed E-state index contributed by atoms with van der Waals surface area (Å²) < 4.78 is 30.3. The number of aliphatic imine (C=N–C) groups is 1. The monoisotopic (exact) mass is 437 g/mol. The van der Waals surface area contributed by atoms with E-state index in [2.05, 4.69) is 4.99 Å². The Kier molecular flexibility index (Phi) is 6.00. The minimum atomic E-state index is -0.653. The number of esters is 1. The van der Waals surface area contributed by atoms with Gasteiger partial charge in [-0.1, -0.05) is 41.9 Å². The second-order valence-corrected chi connectivity index (χ2v) is 7.08. The predicted octanol–water partition coefficient (Wildman–Crippen LogP) is 5.41. The van der Waals surface area contributed by atoms with Crippen molar-refractivity contribution in [2.45, 2.75) is 6.61 Å². The molecule has 0 bridgehead atoms. The first-order chi connectivity index (χ1) is 15.0. The standard InChI is InChI=1S/C24H17ClFNO4/c1-29-22-13-16(8-11-21(22)30-14-15-6-9-17(25)10-7-15)12-20-24(28)31-23(27-20)18-4-2-3-5-19(18)26/h2-13H,14H2,1H3/b20-12-. The van der Waals surface area contributed by atoms with Crippen LogP contribution in [0.5, 0.6) is 11.5 Å². The molecular weight excluding hydrogens is 421 g/mol. The Morgan fingerprint density at radius 3 is 2.58 bits per heavy atom. The minimum absolute atomic E-state index is 0.0649. The molecule has 0 unspecified atom stereocenters. The average Bonchev–Trinajstić information content (AvgIpc) is 3.14. The van der Waals surface area contributed by atoms with Crippen molar-refractivity contribution in [1.82, 2.24) is 0 Å². The van der Waals surface area contributed by atoms with E-state index in [9.17, 15) is 9.18 Å². The maximum atomic E-state index is 14.0. The minimum Gasteiger partial charge on any atom is -0.493 e. The van der Waals surface area contributed by atoms with Crippen LogP contribution >= 0.6 is 11.6 Å². The molecule has 7 heteroatoms. The fourth-order valence-electron chi connectivity index (χ4n) is 2.95. The summed E-state index contributed by atoms with van der Waals surface area (Å²) in [5.74, 6) is -0.194. The summed E-state index contributed by atoms with van der Waals surface area (Å²) >= 11 is 5.90. The molecule has 31 heavy (non-hydrogen) atoms. The van der Waals surface area contributed by atoms with Gasteiger partial charge in [0, 0.05) is 5.02 Å². The quantitative estimate of drug-likeness (QED) is 0.382. The maximum absolute atomic E-state index is 14.0. The molecule has 0 atom stereocenters. The lowest BCUT2D eigenvalue weighted by atomic mass is 10.1. The van der Waals surface area contributed by atoms with Crippen molar-refractivity contribution in [3.63, 3.8) is 0 Å². The molecule has 1 aliphatic heterocycles. The molecule has 5 nitrogen and oxygen atoms in total. The number of hydrogen-bond donors (Lipinski definition) is 0. The van der Waals surface area contributed by atoms with E-state index < -0.39 is 11.8 Å². The maximum Gasteiger partial charge on any atom is 0.363 e. The van der Waals surface area contributed by atoms with Gasteiger partial charge in [0.2, 0.25) is 5.90 Å². The number of nitrogens with zero attached hydrogens (tertiary/aromatic N) is 1. The lowest BCUT2D eigenvalue weighted by molar-refractivity contribution is -0.129.